The molecule has 2 aromatic heterocycles. The Morgan fingerprint density at radius 2 is 1.88 bits per heavy atom. The second kappa shape index (κ2) is 6.79. The summed E-state index contributed by atoms with van der Waals surface area (Å²) in [4.78, 5) is 36.3. The maximum atomic E-state index is 12.5. The second-order valence-electron chi connectivity index (χ2n) is 5.97. The standard InChI is InChI=1S/C17H17N5O4/c1-10(2)22-13(7-8-18-22)19-14(23)9-21-16(24)12-6-4-3-5-11(12)15(20-21)17(25)26/h3-8,10H,9H2,1-2H3,(H,19,23)(H,25,26). The van der Waals surface area contributed by atoms with E-state index in [0.717, 1.165) is 4.68 Å². The van der Waals surface area contributed by atoms with Crippen molar-refractivity contribution < 1.29 is 14.7 Å². The third-order valence-electron chi connectivity index (χ3n) is 3.79. The number of hydrogen-bond acceptors (Lipinski definition) is 5. The molecule has 0 aliphatic rings. The van der Waals surface area contributed by atoms with Crippen molar-refractivity contribution in [3.05, 3.63) is 52.6 Å². The number of carbonyl (C=O) groups is 2. The number of amides is 1. The van der Waals surface area contributed by atoms with E-state index >= 15 is 0 Å². The first-order valence-electron chi connectivity index (χ1n) is 7.95. The van der Waals surface area contributed by atoms with Crippen LogP contribution in [0.4, 0.5) is 5.82 Å². The Morgan fingerprint density at radius 3 is 2.54 bits per heavy atom. The number of fused-ring (bicyclic) bond motifs is 1. The molecule has 1 aromatic carbocycles. The zero-order valence-electron chi connectivity index (χ0n) is 14.2. The van der Waals surface area contributed by atoms with Crippen LogP contribution in [-0.4, -0.2) is 36.5 Å². The highest BCUT2D eigenvalue weighted by molar-refractivity contribution is 6.01. The van der Waals surface area contributed by atoms with Gasteiger partial charge in [0.2, 0.25) is 5.91 Å². The molecule has 134 valence electrons. The monoisotopic (exact) mass is 355 g/mol. The minimum atomic E-state index is -1.27. The molecule has 0 spiro atoms. The molecule has 0 unspecified atom stereocenters. The second-order valence-corrected chi connectivity index (χ2v) is 5.97. The summed E-state index contributed by atoms with van der Waals surface area (Å²) in [7, 11) is 0. The maximum absolute atomic E-state index is 12.5. The zero-order chi connectivity index (χ0) is 18.8. The summed E-state index contributed by atoms with van der Waals surface area (Å²) in [6.45, 7) is 3.42. The van der Waals surface area contributed by atoms with E-state index in [9.17, 15) is 19.5 Å². The van der Waals surface area contributed by atoms with E-state index in [1.165, 1.54) is 12.1 Å². The van der Waals surface area contributed by atoms with Crippen molar-refractivity contribution >= 4 is 28.5 Å². The molecule has 3 rings (SSSR count). The topological polar surface area (TPSA) is 119 Å². The predicted molar refractivity (Wildman–Crippen MR) is 94.2 cm³/mol. The largest absolute Gasteiger partial charge is 0.476 e. The van der Waals surface area contributed by atoms with Crippen LogP contribution >= 0.6 is 0 Å². The molecule has 0 fully saturated rings. The molecule has 0 saturated heterocycles. The number of nitrogens with one attached hydrogen (secondary N) is 1. The number of carbonyl (C=O) groups excluding carboxylic acids is 1. The van der Waals surface area contributed by atoms with Crippen molar-refractivity contribution in [3.63, 3.8) is 0 Å². The Balaban J connectivity index is 1.94. The van der Waals surface area contributed by atoms with Crippen LogP contribution < -0.4 is 10.9 Å². The molecule has 1 amide bonds. The lowest BCUT2D eigenvalue weighted by molar-refractivity contribution is -0.117. The van der Waals surface area contributed by atoms with Crippen LogP contribution in [0.3, 0.4) is 0 Å². The first-order chi connectivity index (χ1) is 12.4. The smallest absolute Gasteiger partial charge is 0.357 e. The van der Waals surface area contributed by atoms with Crippen LogP contribution in [-0.2, 0) is 11.3 Å². The number of benzene rings is 1. The average Bonchev–Trinajstić information content (AvgIpc) is 3.05. The first kappa shape index (κ1) is 17.3. The summed E-state index contributed by atoms with van der Waals surface area (Å²) in [6, 6.07) is 7.95. The van der Waals surface area contributed by atoms with Gasteiger partial charge >= 0.3 is 5.97 Å². The quantitative estimate of drug-likeness (QED) is 0.716. The van der Waals surface area contributed by atoms with E-state index in [-0.39, 0.29) is 22.5 Å². The molecule has 0 aliphatic heterocycles. The van der Waals surface area contributed by atoms with Crippen molar-refractivity contribution in [2.45, 2.75) is 26.4 Å². The Morgan fingerprint density at radius 1 is 1.19 bits per heavy atom. The number of anilines is 1. The Bertz CT molecular complexity index is 1050. The van der Waals surface area contributed by atoms with Crippen LogP contribution in [0.5, 0.6) is 0 Å². The van der Waals surface area contributed by atoms with Gasteiger partial charge in [0.15, 0.2) is 5.69 Å². The lowest BCUT2D eigenvalue weighted by atomic mass is 10.1. The number of aromatic carboxylic acids is 1. The summed E-state index contributed by atoms with van der Waals surface area (Å²) < 4.78 is 2.48. The molecule has 2 N–H and O–H groups in total. The molecule has 0 radical (unpaired) electrons. The summed E-state index contributed by atoms with van der Waals surface area (Å²) in [5.41, 5.74) is -0.807. The molecule has 2 heterocycles. The molecular weight excluding hydrogens is 338 g/mol. The molecule has 9 heteroatoms. The lowest BCUT2D eigenvalue weighted by Gasteiger charge is -2.12. The van der Waals surface area contributed by atoms with Crippen molar-refractivity contribution in [3.8, 4) is 0 Å². The predicted octanol–water partition coefficient (Wildman–Crippen LogP) is 1.51. The van der Waals surface area contributed by atoms with E-state index in [4.69, 9.17) is 0 Å². The van der Waals surface area contributed by atoms with Gasteiger partial charge in [-0.05, 0) is 19.9 Å². The SMILES string of the molecule is CC(C)n1nccc1NC(=O)Cn1nc(C(=O)O)c2ccccc2c1=O. The minimum Gasteiger partial charge on any atom is -0.476 e. The van der Waals surface area contributed by atoms with Gasteiger partial charge < -0.3 is 10.4 Å². The third kappa shape index (κ3) is 3.18. The number of rotatable bonds is 5. The van der Waals surface area contributed by atoms with E-state index in [1.807, 2.05) is 13.8 Å². The van der Waals surface area contributed by atoms with Gasteiger partial charge in [-0.3, -0.25) is 9.59 Å². The Hall–Kier alpha value is -3.49. The van der Waals surface area contributed by atoms with Crippen LogP contribution in [0.25, 0.3) is 10.8 Å². The van der Waals surface area contributed by atoms with E-state index in [0.29, 0.717) is 5.82 Å². The van der Waals surface area contributed by atoms with Crippen LogP contribution in [0.1, 0.15) is 30.4 Å². The van der Waals surface area contributed by atoms with Crippen molar-refractivity contribution in [2.75, 3.05) is 5.32 Å². The van der Waals surface area contributed by atoms with Gasteiger partial charge in [-0.15, -0.1) is 0 Å². The lowest BCUT2D eigenvalue weighted by Crippen LogP contribution is -2.32. The van der Waals surface area contributed by atoms with Gasteiger partial charge in [-0.1, -0.05) is 18.2 Å². The summed E-state index contributed by atoms with van der Waals surface area (Å²) in [5, 5.41) is 20.4. The van der Waals surface area contributed by atoms with E-state index in [1.54, 1.807) is 29.1 Å². The van der Waals surface area contributed by atoms with Gasteiger partial charge in [0.25, 0.3) is 5.56 Å². The molecule has 0 bridgehead atoms. The number of hydrogen-bond donors (Lipinski definition) is 2. The summed E-state index contributed by atoms with van der Waals surface area (Å²) >= 11 is 0. The third-order valence-corrected chi connectivity index (χ3v) is 3.79. The van der Waals surface area contributed by atoms with Crippen LogP contribution in [0, 0.1) is 0 Å². The van der Waals surface area contributed by atoms with Gasteiger partial charge in [0.1, 0.15) is 12.4 Å². The van der Waals surface area contributed by atoms with Crippen LogP contribution in [0.2, 0.25) is 0 Å². The number of carboxylic acids is 1. The molecule has 0 saturated carbocycles. The Kier molecular flexibility index (Phi) is 4.53. The Labute approximate surface area is 147 Å². The van der Waals surface area contributed by atoms with Gasteiger partial charge in [-0.2, -0.15) is 10.2 Å². The highest BCUT2D eigenvalue weighted by atomic mass is 16.4. The number of carboxylic acid groups (broad SMARTS) is 1. The highest BCUT2D eigenvalue weighted by Gasteiger charge is 2.17. The molecule has 0 atom stereocenters. The molecule has 9 nitrogen and oxygen atoms in total. The van der Waals surface area contributed by atoms with E-state index < -0.39 is 24.0 Å². The highest BCUT2D eigenvalue weighted by Crippen LogP contribution is 2.14. The fraction of sp³-hybridized carbons (Fsp3) is 0.235. The summed E-state index contributed by atoms with van der Waals surface area (Å²) in [6.07, 6.45) is 1.55. The number of nitrogens with zero attached hydrogens (tertiary/aromatic N) is 4. The molecule has 0 aliphatic carbocycles. The van der Waals surface area contributed by atoms with Crippen molar-refractivity contribution in [1.82, 2.24) is 19.6 Å². The van der Waals surface area contributed by atoms with Crippen molar-refractivity contribution in [2.24, 2.45) is 0 Å². The summed E-state index contributed by atoms with van der Waals surface area (Å²) in [5.74, 6) is -1.29. The fourth-order valence-electron chi connectivity index (χ4n) is 2.64. The average molecular weight is 355 g/mol. The van der Waals surface area contributed by atoms with Gasteiger partial charge in [0.05, 0.1) is 11.6 Å². The maximum Gasteiger partial charge on any atom is 0.357 e. The first-order valence-corrected chi connectivity index (χ1v) is 7.95. The molecular formula is C17H17N5O4. The zero-order valence-corrected chi connectivity index (χ0v) is 14.2. The number of aromatic nitrogens is 4. The molecule has 3 aromatic rings. The van der Waals surface area contributed by atoms with E-state index in [2.05, 4.69) is 15.5 Å². The van der Waals surface area contributed by atoms with Gasteiger partial charge in [-0.25, -0.2) is 14.2 Å². The minimum absolute atomic E-state index is 0.0421. The normalized spacial score (nSPS) is 11.0. The van der Waals surface area contributed by atoms with Crippen LogP contribution in [0.15, 0.2) is 41.3 Å². The van der Waals surface area contributed by atoms with Crippen molar-refractivity contribution in [1.29, 1.82) is 0 Å². The fourth-order valence-corrected chi connectivity index (χ4v) is 2.64. The van der Waals surface area contributed by atoms with Gasteiger partial charge in [0, 0.05) is 17.5 Å². The molecule has 26 heavy (non-hydrogen) atoms.